The van der Waals surface area contributed by atoms with Gasteiger partial charge in [0, 0.05) is 36.5 Å². The van der Waals surface area contributed by atoms with Crippen molar-refractivity contribution in [2.24, 2.45) is 11.3 Å². The molecule has 3 aliphatic rings. The van der Waals surface area contributed by atoms with Crippen molar-refractivity contribution < 1.29 is 19.0 Å². The first-order chi connectivity index (χ1) is 15.1. The van der Waals surface area contributed by atoms with Crippen LogP contribution in [0, 0.1) is 17.2 Å². The second-order valence-electron chi connectivity index (χ2n) is 9.16. The van der Waals surface area contributed by atoms with E-state index in [0.717, 1.165) is 70.3 Å². The Balaban J connectivity index is 1.17. The molecule has 31 heavy (non-hydrogen) atoms. The third-order valence-corrected chi connectivity index (χ3v) is 6.71. The van der Waals surface area contributed by atoms with Crippen molar-refractivity contribution in [2.45, 2.75) is 38.2 Å². The van der Waals surface area contributed by atoms with E-state index in [1.54, 1.807) is 0 Å². The fourth-order valence-corrected chi connectivity index (χ4v) is 4.75. The molecule has 2 N–H and O–H groups in total. The van der Waals surface area contributed by atoms with Crippen molar-refractivity contribution >= 4 is 17.3 Å². The van der Waals surface area contributed by atoms with Crippen LogP contribution < -0.4 is 15.0 Å². The summed E-state index contributed by atoms with van der Waals surface area (Å²) in [7, 11) is 0. The maximum absolute atomic E-state index is 14.1. The maximum atomic E-state index is 14.1. The molecule has 1 aromatic carbocycles. The van der Waals surface area contributed by atoms with Gasteiger partial charge in [-0.15, -0.1) is 0 Å². The van der Waals surface area contributed by atoms with Crippen LogP contribution in [0.1, 0.15) is 32.1 Å². The third kappa shape index (κ3) is 4.60. The van der Waals surface area contributed by atoms with Crippen LogP contribution >= 0.6 is 0 Å². The molecule has 1 saturated carbocycles. The van der Waals surface area contributed by atoms with Crippen molar-refractivity contribution in [3.8, 4) is 5.88 Å². The summed E-state index contributed by atoms with van der Waals surface area (Å²) in [6.45, 7) is 4.24. The zero-order chi connectivity index (χ0) is 21.3. The molecule has 2 aromatic rings. The third-order valence-electron chi connectivity index (χ3n) is 6.71. The molecular formula is C23H29FN4O3. The standard InChI is InChI=1S/C23H29FN4O3/c24-20-11-25-22(27-21(20)31-12-16-1-7-19(29)8-2-16)26-17-3-5-18(6-4-17)28-13-23(14-28)9-10-30-15-23/h3-6,11,16,19,29H,1-2,7-10,12-15H2,(H,25,26,27)/t16-,19-. The molecule has 0 unspecified atom stereocenters. The number of ether oxygens (including phenoxy) is 2. The molecule has 5 rings (SSSR count). The van der Waals surface area contributed by atoms with Crippen molar-refractivity contribution in [1.29, 1.82) is 0 Å². The average Bonchev–Trinajstić information content (AvgIpc) is 3.25. The van der Waals surface area contributed by atoms with E-state index in [4.69, 9.17) is 9.47 Å². The average molecular weight is 429 g/mol. The molecule has 2 saturated heterocycles. The Bertz CT molecular complexity index is 888. The highest BCUT2D eigenvalue weighted by Crippen LogP contribution is 2.40. The van der Waals surface area contributed by atoms with E-state index in [1.807, 2.05) is 12.1 Å². The number of aromatic nitrogens is 2. The molecule has 1 aliphatic carbocycles. The molecule has 3 heterocycles. The summed E-state index contributed by atoms with van der Waals surface area (Å²) in [5, 5.41) is 12.7. The molecule has 0 atom stereocenters. The van der Waals surface area contributed by atoms with Gasteiger partial charge in [-0.1, -0.05) is 0 Å². The quantitative estimate of drug-likeness (QED) is 0.729. The van der Waals surface area contributed by atoms with Gasteiger partial charge in [-0.2, -0.15) is 9.37 Å². The molecule has 0 radical (unpaired) electrons. The summed E-state index contributed by atoms with van der Waals surface area (Å²) in [5.41, 5.74) is 2.37. The van der Waals surface area contributed by atoms with Crippen LogP contribution in [0.25, 0.3) is 0 Å². The lowest BCUT2D eigenvalue weighted by molar-refractivity contribution is 0.0899. The summed E-state index contributed by atoms with van der Waals surface area (Å²) in [4.78, 5) is 10.6. The van der Waals surface area contributed by atoms with E-state index in [2.05, 4.69) is 32.3 Å². The van der Waals surface area contributed by atoms with Gasteiger partial charge in [-0.25, -0.2) is 4.98 Å². The Labute approximate surface area is 181 Å². The number of hydrogen-bond acceptors (Lipinski definition) is 7. The van der Waals surface area contributed by atoms with Gasteiger partial charge in [0.25, 0.3) is 5.88 Å². The largest absolute Gasteiger partial charge is 0.475 e. The number of aliphatic hydroxyl groups is 1. The Morgan fingerprint density at radius 2 is 1.97 bits per heavy atom. The molecule has 1 aromatic heterocycles. The van der Waals surface area contributed by atoms with Crippen molar-refractivity contribution in [1.82, 2.24) is 9.97 Å². The lowest BCUT2D eigenvalue weighted by atomic mass is 9.79. The van der Waals surface area contributed by atoms with Crippen LogP contribution in [-0.2, 0) is 4.74 Å². The van der Waals surface area contributed by atoms with Gasteiger partial charge in [0.2, 0.25) is 11.8 Å². The molecule has 1 spiro atoms. The highest BCUT2D eigenvalue weighted by Gasteiger charge is 2.45. The van der Waals surface area contributed by atoms with E-state index >= 15 is 0 Å². The first-order valence-corrected chi connectivity index (χ1v) is 11.1. The molecule has 166 valence electrons. The monoisotopic (exact) mass is 428 g/mol. The number of aliphatic hydroxyl groups excluding tert-OH is 1. The predicted molar refractivity (Wildman–Crippen MR) is 115 cm³/mol. The summed E-state index contributed by atoms with van der Waals surface area (Å²) >= 11 is 0. The fourth-order valence-electron chi connectivity index (χ4n) is 4.75. The first kappa shape index (κ1) is 20.5. The topological polar surface area (TPSA) is 79.7 Å². The predicted octanol–water partition coefficient (Wildman–Crippen LogP) is 3.52. The van der Waals surface area contributed by atoms with E-state index < -0.39 is 5.82 Å². The normalized spacial score (nSPS) is 24.8. The molecule has 7 nitrogen and oxygen atoms in total. The molecular weight excluding hydrogens is 399 g/mol. The lowest BCUT2D eigenvalue weighted by Gasteiger charge is -2.48. The van der Waals surface area contributed by atoms with Gasteiger partial charge in [-0.05, 0) is 62.3 Å². The van der Waals surface area contributed by atoms with E-state index in [9.17, 15) is 9.50 Å². The summed E-state index contributed by atoms with van der Waals surface area (Å²) in [6, 6.07) is 8.10. The molecule has 8 heteroatoms. The van der Waals surface area contributed by atoms with Crippen LogP contribution in [0.15, 0.2) is 30.5 Å². The van der Waals surface area contributed by atoms with Crippen LogP contribution in [0.4, 0.5) is 21.7 Å². The minimum absolute atomic E-state index is 0.0371. The van der Waals surface area contributed by atoms with Crippen molar-refractivity contribution in [3.05, 3.63) is 36.3 Å². The van der Waals surface area contributed by atoms with Gasteiger partial charge in [0.05, 0.1) is 25.5 Å². The number of anilines is 3. The first-order valence-electron chi connectivity index (χ1n) is 11.1. The second-order valence-corrected chi connectivity index (χ2v) is 9.16. The molecule has 3 fully saturated rings. The van der Waals surface area contributed by atoms with Crippen molar-refractivity contribution in [3.63, 3.8) is 0 Å². The number of halogens is 1. The van der Waals surface area contributed by atoms with Crippen LogP contribution in [0.2, 0.25) is 0 Å². The van der Waals surface area contributed by atoms with Crippen LogP contribution in [0.5, 0.6) is 5.88 Å². The highest BCUT2D eigenvalue weighted by molar-refractivity contribution is 5.60. The van der Waals surface area contributed by atoms with Gasteiger partial charge in [0.1, 0.15) is 0 Å². The van der Waals surface area contributed by atoms with Crippen LogP contribution in [0.3, 0.4) is 0 Å². The van der Waals surface area contributed by atoms with Crippen molar-refractivity contribution in [2.75, 3.05) is 43.1 Å². The van der Waals surface area contributed by atoms with Gasteiger partial charge >= 0.3 is 0 Å². The summed E-state index contributed by atoms with van der Waals surface area (Å²) in [5.74, 6) is 0.0108. The molecule has 2 aliphatic heterocycles. The van der Waals surface area contributed by atoms with E-state index in [0.29, 0.717) is 23.9 Å². The smallest absolute Gasteiger partial charge is 0.255 e. The van der Waals surface area contributed by atoms with Gasteiger partial charge < -0.3 is 24.8 Å². The highest BCUT2D eigenvalue weighted by atomic mass is 19.1. The Kier molecular flexibility index (Phi) is 5.67. The number of nitrogens with zero attached hydrogens (tertiary/aromatic N) is 3. The zero-order valence-corrected chi connectivity index (χ0v) is 17.6. The Morgan fingerprint density at radius 1 is 1.19 bits per heavy atom. The molecule has 0 amide bonds. The van der Waals surface area contributed by atoms with E-state index in [1.165, 1.54) is 5.69 Å². The summed E-state index contributed by atoms with van der Waals surface area (Å²) in [6.07, 6.45) is 5.39. The zero-order valence-electron chi connectivity index (χ0n) is 17.6. The number of rotatable bonds is 6. The van der Waals surface area contributed by atoms with Gasteiger partial charge in [0.15, 0.2) is 0 Å². The Hall–Kier alpha value is -2.45. The van der Waals surface area contributed by atoms with Gasteiger partial charge in [-0.3, -0.25) is 0 Å². The number of benzene rings is 1. The lowest BCUT2D eigenvalue weighted by Crippen LogP contribution is -2.56. The number of hydrogen-bond donors (Lipinski definition) is 2. The minimum atomic E-state index is -0.570. The Morgan fingerprint density at radius 3 is 2.68 bits per heavy atom. The van der Waals surface area contributed by atoms with Crippen LogP contribution in [-0.4, -0.2) is 54.1 Å². The minimum Gasteiger partial charge on any atom is -0.475 e. The maximum Gasteiger partial charge on any atom is 0.255 e. The second kappa shape index (κ2) is 8.59. The summed E-state index contributed by atoms with van der Waals surface area (Å²) < 4.78 is 25.3. The van der Waals surface area contributed by atoms with E-state index in [-0.39, 0.29) is 12.0 Å². The SMILES string of the molecule is O[C@H]1CC[C@H](COc2nc(Nc3ccc(N4CC5(CCOC5)C4)cc3)ncc2F)CC1. The fraction of sp³-hybridized carbons (Fsp3) is 0.565. The molecule has 0 bridgehead atoms. The number of nitrogens with one attached hydrogen (secondary N) is 1.